The van der Waals surface area contributed by atoms with E-state index in [-0.39, 0.29) is 23.1 Å². The minimum atomic E-state index is -2.94. The first-order chi connectivity index (χ1) is 8.80. The third kappa shape index (κ3) is 2.81. The molecule has 1 aromatic carbocycles. The van der Waals surface area contributed by atoms with Crippen LogP contribution < -0.4 is 16.4 Å². The fraction of sp³-hybridized carbons (Fsp3) is 0.417. The molecule has 1 amide bonds. The van der Waals surface area contributed by atoms with Gasteiger partial charge in [-0.15, -0.1) is 0 Å². The molecule has 1 aliphatic heterocycles. The molecular weight excluding hydrogens is 266 g/mol. The number of carbonyl (C=O) groups is 1. The predicted molar refractivity (Wildman–Crippen MR) is 74.8 cm³/mol. The van der Waals surface area contributed by atoms with Crippen molar-refractivity contribution in [3.05, 3.63) is 23.8 Å². The third-order valence-corrected chi connectivity index (χ3v) is 5.22. The van der Waals surface area contributed by atoms with Crippen LogP contribution in [0, 0.1) is 0 Å². The summed E-state index contributed by atoms with van der Waals surface area (Å²) < 4.78 is 23.0. The van der Waals surface area contributed by atoms with E-state index in [1.165, 1.54) is 0 Å². The number of nitrogen functional groups attached to an aromatic ring is 1. The number of anilines is 2. The molecule has 19 heavy (non-hydrogen) atoms. The lowest BCUT2D eigenvalue weighted by molar-refractivity contribution is 0.100. The van der Waals surface area contributed by atoms with Crippen molar-refractivity contribution in [2.75, 3.05) is 29.2 Å². The van der Waals surface area contributed by atoms with Crippen LogP contribution in [-0.2, 0) is 9.84 Å². The zero-order valence-electron chi connectivity index (χ0n) is 10.7. The number of hydrogen-bond donors (Lipinski definition) is 2. The largest absolute Gasteiger partial charge is 0.398 e. The lowest BCUT2D eigenvalue weighted by Gasteiger charge is -2.26. The number of rotatable bonds is 3. The first kappa shape index (κ1) is 13.7. The fourth-order valence-electron chi connectivity index (χ4n) is 2.27. The van der Waals surface area contributed by atoms with Crippen LogP contribution in [0.5, 0.6) is 0 Å². The van der Waals surface area contributed by atoms with Crippen LogP contribution >= 0.6 is 0 Å². The van der Waals surface area contributed by atoms with Crippen molar-refractivity contribution in [3.63, 3.8) is 0 Å². The molecule has 1 heterocycles. The molecular formula is C12H17N3O3S. The second kappa shape index (κ2) is 4.73. The summed E-state index contributed by atoms with van der Waals surface area (Å²) in [4.78, 5) is 13.1. The molecule has 7 heteroatoms. The molecule has 0 bridgehead atoms. The maximum absolute atomic E-state index is 11.5. The van der Waals surface area contributed by atoms with Crippen LogP contribution in [0.25, 0.3) is 0 Å². The van der Waals surface area contributed by atoms with Crippen LogP contribution in [-0.4, -0.2) is 38.9 Å². The summed E-state index contributed by atoms with van der Waals surface area (Å²) in [6, 6.07) is 4.89. The quantitative estimate of drug-likeness (QED) is 0.759. The van der Waals surface area contributed by atoms with Gasteiger partial charge in [0.25, 0.3) is 5.91 Å². The van der Waals surface area contributed by atoms with E-state index >= 15 is 0 Å². The lowest BCUT2D eigenvalue weighted by atomic mass is 10.1. The fourth-order valence-corrected chi connectivity index (χ4v) is 4.04. The molecule has 0 saturated carbocycles. The highest BCUT2D eigenvalue weighted by atomic mass is 32.2. The summed E-state index contributed by atoms with van der Waals surface area (Å²) in [7, 11) is -1.13. The Balaban J connectivity index is 2.27. The number of benzene rings is 1. The molecule has 0 radical (unpaired) electrons. The standard InChI is InChI=1S/C12H17N3O3S/c1-15(9-4-5-19(17,18)7-9)8-2-3-11(13)10(6-8)12(14)16/h2-3,6,9H,4-5,7,13H2,1H3,(H2,14,16). The Kier molecular flexibility index (Phi) is 3.40. The normalized spacial score (nSPS) is 21.2. The maximum atomic E-state index is 11.5. The van der Waals surface area contributed by atoms with E-state index in [1.807, 2.05) is 11.9 Å². The van der Waals surface area contributed by atoms with E-state index in [4.69, 9.17) is 11.5 Å². The van der Waals surface area contributed by atoms with Crippen molar-refractivity contribution in [1.82, 2.24) is 0 Å². The van der Waals surface area contributed by atoms with Gasteiger partial charge in [0.1, 0.15) is 0 Å². The van der Waals surface area contributed by atoms with Crippen molar-refractivity contribution < 1.29 is 13.2 Å². The highest BCUT2D eigenvalue weighted by Gasteiger charge is 2.31. The molecule has 0 spiro atoms. The molecule has 104 valence electrons. The van der Waals surface area contributed by atoms with Crippen molar-refractivity contribution in [2.24, 2.45) is 5.73 Å². The monoisotopic (exact) mass is 283 g/mol. The Morgan fingerprint density at radius 1 is 1.42 bits per heavy atom. The lowest BCUT2D eigenvalue weighted by Crippen LogP contribution is -2.32. The molecule has 6 nitrogen and oxygen atoms in total. The maximum Gasteiger partial charge on any atom is 0.250 e. The first-order valence-corrected chi connectivity index (χ1v) is 7.75. The molecule has 0 aromatic heterocycles. The topological polar surface area (TPSA) is 106 Å². The van der Waals surface area contributed by atoms with Gasteiger partial charge < -0.3 is 16.4 Å². The summed E-state index contributed by atoms with van der Waals surface area (Å²) in [5.74, 6) is -0.244. The second-order valence-corrected chi connectivity index (χ2v) is 7.03. The van der Waals surface area contributed by atoms with Gasteiger partial charge >= 0.3 is 0 Å². The Labute approximate surface area is 112 Å². The van der Waals surface area contributed by atoms with Crippen LogP contribution in [0.2, 0.25) is 0 Å². The average molecular weight is 283 g/mol. The summed E-state index contributed by atoms with van der Waals surface area (Å²) in [6.07, 6.45) is 0.592. The summed E-state index contributed by atoms with van der Waals surface area (Å²) >= 11 is 0. The zero-order chi connectivity index (χ0) is 14.2. The molecule has 1 aromatic rings. The second-order valence-electron chi connectivity index (χ2n) is 4.80. The molecule has 2 rings (SSSR count). The van der Waals surface area contributed by atoms with Crippen LogP contribution in [0.1, 0.15) is 16.8 Å². The number of sulfone groups is 1. The molecule has 4 N–H and O–H groups in total. The Bertz CT molecular complexity index is 613. The number of amides is 1. The summed E-state index contributed by atoms with van der Waals surface area (Å²) in [5.41, 5.74) is 12.2. The van der Waals surface area contributed by atoms with Gasteiger partial charge in [-0.3, -0.25) is 4.79 Å². The van der Waals surface area contributed by atoms with Crippen LogP contribution in [0.3, 0.4) is 0 Å². The Morgan fingerprint density at radius 3 is 2.63 bits per heavy atom. The summed E-state index contributed by atoms with van der Waals surface area (Å²) in [5, 5.41) is 0. The third-order valence-electron chi connectivity index (χ3n) is 3.47. The van der Waals surface area contributed by atoms with Gasteiger partial charge in [-0.05, 0) is 24.6 Å². The smallest absolute Gasteiger partial charge is 0.250 e. The minimum absolute atomic E-state index is 0.0747. The van der Waals surface area contributed by atoms with Crippen molar-refractivity contribution in [1.29, 1.82) is 0 Å². The highest BCUT2D eigenvalue weighted by molar-refractivity contribution is 7.91. The van der Waals surface area contributed by atoms with Gasteiger partial charge in [-0.25, -0.2) is 8.42 Å². The zero-order valence-corrected chi connectivity index (χ0v) is 11.5. The minimum Gasteiger partial charge on any atom is -0.398 e. The molecule has 1 fully saturated rings. The number of carbonyl (C=O) groups excluding carboxylic acids is 1. The van der Waals surface area contributed by atoms with Crippen molar-refractivity contribution in [2.45, 2.75) is 12.5 Å². The van der Waals surface area contributed by atoms with Gasteiger partial charge in [0.05, 0.1) is 17.1 Å². The van der Waals surface area contributed by atoms with Crippen molar-refractivity contribution in [3.8, 4) is 0 Å². The van der Waals surface area contributed by atoms with Crippen LogP contribution in [0.4, 0.5) is 11.4 Å². The number of hydrogen-bond acceptors (Lipinski definition) is 5. The van der Waals surface area contributed by atoms with Gasteiger partial charge in [-0.2, -0.15) is 0 Å². The molecule has 1 unspecified atom stereocenters. The van der Waals surface area contributed by atoms with Gasteiger partial charge in [-0.1, -0.05) is 0 Å². The van der Waals surface area contributed by atoms with E-state index in [2.05, 4.69) is 0 Å². The number of nitrogens with zero attached hydrogens (tertiary/aromatic N) is 1. The Morgan fingerprint density at radius 2 is 2.11 bits per heavy atom. The molecule has 1 saturated heterocycles. The predicted octanol–water partition coefficient (Wildman–Crippen LogP) is -0.00900. The van der Waals surface area contributed by atoms with Crippen LogP contribution in [0.15, 0.2) is 18.2 Å². The molecule has 0 aliphatic carbocycles. The molecule has 1 atom stereocenters. The van der Waals surface area contributed by atoms with E-state index in [0.717, 1.165) is 5.69 Å². The average Bonchev–Trinajstić information content (AvgIpc) is 2.69. The highest BCUT2D eigenvalue weighted by Crippen LogP contribution is 2.25. The first-order valence-electron chi connectivity index (χ1n) is 5.93. The van der Waals surface area contributed by atoms with Gasteiger partial charge in [0, 0.05) is 24.5 Å². The number of nitrogens with two attached hydrogens (primary N) is 2. The van der Waals surface area contributed by atoms with E-state index < -0.39 is 15.7 Å². The molecule has 1 aliphatic rings. The van der Waals surface area contributed by atoms with E-state index in [0.29, 0.717) is 12.1 Å². The van der Waals surface area contributed by atoms with Crippen molar-refractivity contribution >= 4 is 27.1 Å². The van der Waals surface area contributed by atoms with E-state index in [9.17, 15) is 13.2 Å². The summed E-state index contributed by atoms with van der Waals surface area (Å²) in [6.45, 7) is 0. The SMILES string of the molecule is CN(c1ccc(N)c(C(N)=O)c1)C1CCS(=O)(=O)C1. The number of primary amides is 1. The van der Waals surface area contributed by atoms with Gasteiger partial charge in [0.2, 0.25) is 0 Å². The van der Waals surface area contributed by atoms with E-state index in [1.54, 1.807) is 18.2 Å². The Hall–Kier alpha value is -1.76. The van der Waals surface area contributed by atoms with Gasteiger partial charge in [0.15, 0.2) is 9.84 Å².